The zero-order valence-corrected chi connectivity index (χ0v) is 13.1. The largest absolute Gasteiger partial charge is 0.394 e. The summed E-state index contributed by atoms with van der Waals surface area (Å²) in [6.07, 6.45) is -2.72. The van der Waals surface area contributed by atoms with Gasteiger partial charge in [-0.25, -0.2) is 4.39 Å². The van der Waals surface area contributed by atoms with Gasteiger partial charge in [0, 0.05) is 6.42 Å². The average molecular weight is 324 g/mol. The number of ether oxygens (including phenoxy) is 2. The number of unbranched alkanes of at least 4 members (excludes halogenated alkanes) is 3. The van der Waals surface area contributed by atoms with Gasteiger partial charge in [0.25, 0.3) is 0 Å². The van der Waals surface area contributed by atoms with Crippen molar-refractivity contribution < 1.29 is 34.3 Å². The lowest BCUT2D eigenvalue weighted by Crippen LogP contribution is -2.59. The number of hydrogen-bond donors (Lipinski definition) is 4. The minimum absolute atomic E-state index is 0.0393. The third-order valence-electron chi connectivity index (χ3n) is 3.93. The summed E-state index contributed by atoms with van der Waals surface area (Å²) in [7, 11) is 0. The van der Waals surface area contributed by atoms with Gasteiger partial charge in [-0.1, -0.05) is 32.6 Å². The zero-order valence-electron chi connectivity index (χ0n) is 13.1. The fourth-order valence-corrected chi connectivity index (χ4v) is 2.45. The van der Waals surface area contributed by atoms with Gasteiger partial charge in [0.2, 0.25) is 0 Å². The van der Waals surface area contributed by atoms with Crippen LogP contribution in [0.1, 0.15) is 45.4 Å². The van der Waals surface area contributed by atoms with Crippen molar-refractivity contribution in [1.29, 1.82) is 0 Å². The molecule has 4 N–H and O–H groups in total. The SMILES string of the molecule is CCCCCC[C@@H](F)CCO[C@H]1OC(CO)[C@H](O)C(O)C1O. The Labute approximate surface area is 130 Å². The Kier molecular flexibility index (Phi) is 9.39. The van der Waals surface area contributed by atoms with Crippen LogP contribution in [0.15, 0.2) is 0 Å². The van der Waals surface area contributed by atoms with Crippen LogP contribution in [0.4, 0.5) is 4.39 Å². The van der Waals surface area contributed by atoms with Gasteiger partial charge in [0.1, 0.15) is 30.6 Å². The minimum Gasteiger partial charge on any atom is -0.394 e. The number of aliphatic hydroxyl groups excluding tert-OH is 4. The summed E-state index contributed by atoms with van der Waals surface area (Å²) in [4.78, 5) is 0. The Morgan fingerprint density at radius 3 is 2.41 bits per heavy atom. The van der Waals surface area contributed by atoms with Crippen molar-refractivity contribution in [2.75, 3.05) is 13.2 Å². The highest BCUT2D eigenvalue weighted by Gasteiger charge is 2.43. The maximum absolute atomic E-state index is 13.7. The Balaban J connectivity index is 2.25. The van der Waals surface area contributed by atoms with E-state index in [2.05, 4.69) is 6.92 Å². The number of alkyl halides is 1. The molecule has 1 rings (SSSR count). The smallest absolute Gasteiger partial charge is 0.186 e. The van der Waals surface area contributed by atoms with Crippen LogP contribution in [-0.4, -0.2) is 70.5 Å². The highest BCUT2D eigenvalue weighted by atomic mass is 19.1. The van der Waals surface area contributed by atoms with Crippen LogP contribution in [-0.2, 0) is 9.47 Å². The Morgan fingerprint density at radius 2 is 1.77 bits per heavy atom. The molecule has 0 aromatic rings. The number of aliphatic hydroxyl groups is 4. The summed E-state index contributed by atoms with van der Waals surface area (Å²) in [5, 5.41) is 38.0. The molecule has 0 amide bonds. The molecule has 0 aromatic heterocycles. The monoisotopic (exact) mass is 324 g/mol. The van der Waals surface area contributed by atoms with E-state index in [0.29, 0.717) is 6.42 Å². The van der Waals surface area contributed by atoms with Crippen LogP contribution in [0.25, 0.3) is 0 Å². The molecule has 132 valence electrons. The first-order valence-electron chi connectivity index (χ1n) is 8.07. The number of halogens is 1. The van der Waals surface area contributed by atoms with Crippen LogP contribution < -0.4 is 0 Å². The molecule has 0 saturated carbocycles. The van der Waals surface area contributed by atoms with Gasteiger partial charge in [-0.15, -0.1) is 0 Å². The molecule has 0 aromatic carbocycles. The van der Waals surface area contributed by atoms with Crippen LogP contribution in [0.3, 0.4) is 0 Å². The van der Waals surface area contributed by atoms with Crippen molar-refractivity contribution in [3.8, 4) is 0 Å². The van der Waals surface area contributed by atoms with Crippen LogP contribution in [0.5, 0.6) is 0 Å². The van der Waals surface area contributed by atoms with E-state index < -0.39 is 43.5 Å². The predicted molar refractivity (Wildman–Crippen MR) is 78.0 cm³/mol. The first kappa shape index (κ1) is 19.7. The van der Waals surface area contributed by atoms with Crippen molar-refractivity contribution in [2.45, 2.75) is 82.3 Å². The van der Waals surface area contributed by atoms with Crippen molar-refractivity contribution >= 4 is 0 Å². The molecule has 1 fully saturated rings. The second-order valence-electron chi connectivity index (χ2n) is 5.80. The fraction of sp³-hybridized carbons (Fsp3) is 1.00. The van der Waals surface area contributed by atoms with E-state index >= 15 is 0 Å². The quantitative estimate of drug-likeness (QED) is 0.437. The topological polar surface area (TPSA) is 99.4 Å². The van der Waals surface area contributed by atoms with Gasteiger partial charge >= 0.3 is 0 Å². The molecule has 1 aliphatic rings. The molecule has 6 atom stereocenters. The summed E-state index contributed by atoms with van der Waals surface area (Å²) in [6.45, 7) is 1.63. The summed E-state index contributed by atoms with van der Waals surface area (Å²) >= 11 is 0. The molecule has 7 heteroatoms. The van der Waals surface area contributed by atoms with E-state index in [-0.39, 0.29) is 13.0 Å². The highest BCUT2D eigenvalue weighted by molar-refractivity contribution is 4.88. The molecular formula is C15H29FO6. The molecular weight excluding hydrogens is 295 g/mol. The average Bonchev–Trinajstić information content (AvgIpc) is 2.51. The molecule has 0 radical (unpaired) electrons. The van der Waals surface area contributed by atoms with Gasteiger partial charge in [0.05, 0.1) is 13.2 Å². The van der Waals surface area contributed by atoms with Crippen LogP contribution >= 0.6 is 0 Å². The van der Waals surface area contributed by atoms with Crippen molar-refractivity contribution in [2.24, 2.45) is 0 Å². The van der Waals surface area contributed by atoms with Crippen molar-refractivity contribution in [3.05, 3.63) is 0 Å². The van der Waals surface area contributed by atoms with Crippen molar-refractivity contribution in [3.63, 3.8) is 0 Å². The van der Waals surface area contributed by atoms with E-state index in [0.717, 1.165) is 25.7 Å². The van der Waals surface area contributed by atoms with Gasteiger partial charge in [-0.3, -0.25) is 0 Å². The highest BCUT2D eigenvalue weighted by Crippen LogP contribution is 2.22. The van der Waals surface area contributed by atoms with E-state index in [1.807, 2.05) is 0 Å². The predicted octanol–water partition coefficient (Wildman–Crippen LogP) is 0.501. The molecule has 6 nitrogen and oxygen atoms in total. The number of rotatable bonds is 10. The molecule has 0 bridgehead atoms. The lowest BCUT2D eigenvalue weighted by molar-refractivity contribution is -0.301. The normalized spacial score (nSPS) is 33.8. The minimum atomic E-state index is -1.47. The van der Waals surface area contributed by atoms with Crippen LogP contribution in [0, 0.1) is 0 Å². The maximum atomic E-state index is 13.7. The molecule has 22 heavy (non-hydrogen) atoms. The Bertz CT molecular complexity index is 291. The summed E-state index contributed by atoms with van der Waals surface area (Å²) < 4.78 is 24.1. The van der Waals surface area contributed by atoms with E-state index in [9.17, 15) is 19.7 Å². The van der Waals surface area contributed by atoms with Crippen LogP contribution in [0.2, 0.25) is 0 Å². The molecule has 3 unspecified atom stereocenters. The zero-order chi connectivity index (χ0) is 16.5. The summed E-state index contributed by atoms with van der Waals surface area (Å²) in [5.74, 6) is 0. The first-order chi connectivity index (χ1) is 10.5. The molecule has 0 aliphatic carbocycles. The molecule has 1 aliphatic heterocycles. The first-order valence-corrected chi connectivity index (χ1v) is 8.07. The number of hydrogen-bond acceptors (Lipinski definition) is 6. The fourth-order valence-electron chi connectivity index (χ4n) is 2.45. The van der Waals surface area contributed by atoms with Gasteiger partial charge in [-0.2, -0.15) is 0 Å². The van der Waals surface area contributed by atoms with Gasteiger partial charge in [0.15, 0.2) is 6.29 Å². The second kappa shape index (κ2) is 10.5. The van der Waals surface area contributed by atoms with E-state index in [1.54, 1.807) is 0 Å². The van der Waals surface area contributed by atoms with Gasteiger partial charge in [-0.05, 0) is 6.42 Å². The van der Waals surface area contributed by atoms with Crippen molar-refractivity contribution in [1.82, 2.24) is 0 Å². The second-order valence-corrected chi connectivity index (χ2v) is 5.80. The molecule has 0 spiro atoms. The third-order valence-corrected chi connectivity index (χ3v) is 3.93. The van der Waals surface area contributed by atoms with E-state index in [4.69, 9.17) is 14.6 Å². The van der Waals surface area contributed by atoms with E-state index in [1.165, 1.54) is 0 Å². The van der Waals surface area contributed by atoms with Gasteiger partial charge < -0.3 is 29.9 Å². The lowest BCUT2D eigenvalue weighted by Gasteiger charge is -2.39. The Hall–Kier alpha value is -0.310. The maximum Gasteiger partial charge on any atom is 0.186 e. The molecule has 1 heterocycles. The summed E-state index contributed by atoms with van der Waals surface area (Å²) in [5.41, 5.74) is 0. The standard InChI is InChI=1S/C15H29FO6/c1-2-3-4-5-6-10(16)7-8-21-15-14(20)13(19)12(18)11(9-17)22-15/h10-15,17-20H,2-9H2,1H3/t10-,11?,12+,13?,14?,15+/m1/s1. The molecule has 1 saturated heterocycles. The lowest BCUT2D eigenvalue weighted by atomic mass is 9.99. The summed E-state index contributed by atoms with van der Waals surface area (Å²) in [6, 6.07) is 0. The third kappa shape index (κ3) is 6.06. The Morgan fingerprint density at radius 1 is 1.05 bits per heavy atom.